The molecule has 2 unspecified atom stereocenters. The predicted octanol–water partition coefficient (Wildman–Crippen LogP) is 4.09. The summed E-state index contributed by atoms with van der Waals surface area (Å²) >= 11 is 1.07. The highest BCUT2D eigenvalue weighted by Gasteiger charge is 2.22. The number of benzene rings is 1. The number of thiazole rings is 1. The van der Waals surface area contributed by atoms with E-state index in [0.717, 1.165) is 11.3 Å². The van der Waals surface area contributed by atoms with Gasteiger partial charge in [-0.15, -0.1) is 11.3 Å². The number of carbonyl (C=O) groups excluding carboxylic acids is 1. The van der Waals surface area contributed by atoms with Crippen molar-refractivity contribution in [1.82, 2.24) is 10.3 Å². The van der Waals surface area contributed by atoms with Gasteiger partial charge in [-0.3, -0.25) is 4.79 Å². The standard InChI is InChI=1S/C20H26N2O4S/c1-11-16(19(24)25)27-18(22-11)12(2)21-17(23)13(3)26-15-9-7-14(8-10-15)20(4,5)6/h7-10,12-13H,1-6H3,(H,21,23)(H,24,25). The fourth-order valence-corrected chi connectivity index (χ4v) is 3.39. The van der Waals surface area contributed by atoms with E-state index in [1.165, 1.54) is 5.56 Å². The van der Waals surface area contributed by atoms with Gasteiger partial charge in [0.2, 0.25) is 0 Å². The summed E-state index contributed by atoms with van der Waals surface area (Å²) in [6.07, 6.45) is -0.687. The summed E-state index contributed by atoms with van der Waals surface area (Å²) in [7, 11) is 0. The van der Waals surface area contributed by atoms with E-state index in [0.29, 0.717) is 16.5 Å². The number of hydrogen-bond acceptors (Lipinski definition) is 5. The Morgan fingerprint density at radius 2 is 1.78 bits per heavy atom. The lowest BCUT2D eigenvalue weighted by Crippen LogP contribution is -2.37. The highest BCUT2D eigenvalue weighted by atomic mass is 32.1. The molecular formula is C20H26N2O4S. The molecule has 0 bridgehead atoms. The highest BCUT2D eigenvalue weighted by Crippen LogP contribution is 2.25. The monoisotopic (exact) mass is 390 g/mol. The number of aromatic carboxylic acids is 1. The molecule has 0 aliphatic rings. The van der Waals surface area contributed by atoms with Crippen LogP contribution in [0.1, 0.15) is 66.6 Å². The molecule has 0 saturated heterocycles. The van der Waals surface area contributed by atoms with Crippen LogP contribution in [0.2, 0.25) is 0 Å². The lowest BCUT2D eigenvalue weighted by molar-refractivity contribution is -0.127. The summed E-state index contributed by atoms with van der Waals surface area (Å²) in [4.78, 5) is 28.0. The quantitative estimate of drug-likeness (QED) is 0.775. The Hall–Kier alpha value is -2.41. The summed E-state index contributed by atoms with van der Waals surface area (Å²) in [5.74, 6) is -0.672. The van der Waals surface area contributed by atoms with Crippen molar-refractivity contribution in [1.29, 1.82) is 0 Å². The number of rotatable bonds is 6. The predicted molar refractivity (Wildman–Crippen MR) is 106 cm³/mol. The number of nitrogens with zero attached hydrogens (tertiary/aromatic N) is 1. The first kappa shape index (κ1) is 20.9. The summed E-state index contributed by atoms with van der Waals surface area (Å²) in [6.45, 7) is 11.5. The maximum atomic E-state index is 12.4. The van der Waals surface area contributed by atoms with Crippen LogP contribution in [0.3, 0.4) is 0 Å². The zero-order valence-corrected chi connectivity index (χ0v) is 17.3. The van der Waals surface area contributed by atoms with Gasteiger partial charge in [0, 0.05) is 0 Å². The van der Waals surface area contributed by atoms with Gasteiger partial charge in [-0.25, -0.2) is 9.78 Å². The van der Waals surface area contributed by atoms with E-state index in [1.54, 1.807) is 20.8 Å². The van der Waals surface area contributed by atoms with E-state index in [1.807, 2.05) is 24.3 Å². The van der Waals surface area contributed by atoms with Crippen molar-refractivity contribution < 1.29 is 19.4 Å². The fraction of sp³-hybridized carbons (Fsp3) is 0.450. The third kappa shape index (κ3) is 5.29. The molecule has 6 nitrogen and oxygen atoms in total. The van der Waals surface area contributed by atoms with Crippen LogP contribution in [-0.4, -0.2) is 28.1 Å². The van der Waals surface area contributed by atoms with Gasteiger partial charge in [0.05, 0.1) is 11.7 Å². The van der Waals surface area contributed by atoms with Crippen molar-refractivity contribution in [2.45, 2.75) is 59.1 Å². The molecule has 0 aliphatic heterocycles. The number of aromatic nitrogens is 1. The molecule has 1 amide bonds. The lowest BCUT2D eigenvalue weighted by atomic mass is 9.87. The Labute approximate surface area is 163 Å². The van der Waals surface area contributed by atoms with Crippen LogP contribution in [0.4, 0.5) is 0 Å². The van der Waals surface area contributed by atoms with Crippen LogP contribution >= 0.6 is 11.3 Å². The molecule has 146 valence electrons. The van der Waals surface area contributed by atoms with Crippen molar-refractivity contribution in [3.05, 3.63) is 45.4 Å². The molecule has 0 saturated carbocycles. The lowest BCUT2D eigenvalue weighted by Gasteiger charge is -2.20. The number of ether oxygens (including phenoxy) is 1. The van der Waals surface area contributed by atoms with Gasteiger partial charge in [0.25, 0.3) is 5.91 Å². The van der Waals surface area contributed by atoms with Gasteiger partial charge < -0.3 is 15.2 Å². The summed E-state index contributed by atoms with van der Waals surface area (Å²) in [6, 6.07) is 7.31. The molecule has 2 rings (SSSR count). The van der Waals surface area contributed by atoms with Crippen molar-refractivity contribution in [3.8, 4) is 5.75 Å². The highest BCUT2D eigenvalue weighted by molar-refractivity contribution is 7.13. The van der Waals surface area contributed by atoms with Crippen LogP contribution in [0, 0.1) is 6.92 Å². The average Bonchev–Trinajstić information content (AvgIpc) is 2.96. The second-order valence-corrected chi connectivity index (χ2v) is 8.57. The minimum absolute atomic E-state index is 0.0532. The SMILES string of the molecule is Cc1nc(C(C)NC(=O)C(C)Oc2ccc(C(C)(C)C)cc2)sc1C(=O)O. The zero-order chi connectivity index (χ0) is 20.4. The van der Waals surface area contributed by atoms with E-state index in [-0.39, 0.29) is 16.2 Å². The third-order valence-corrected chi connectivity index (χ3v) is 5.47. The van der Waals surface area contributed by atoms with Gasteiger partial charge >= 0.3 is 5.97 Å². The second-order valence-electron chi connectivity index (χ2n) is 7.54. The Balaban J connectivity index is 1.99. The van der Waals surface area contributed by atoms with Crippen LogP contribution in [-0.2, 0) is 10.2 Å². The van der Waals surface area contributed by atoms with E-state index in [2.05, 4.69) is 31.1 Å². The smallest absolute Gasteiger partial charge is 0.347 e. The van der Waals surface area contributed by atoms with Crippen LogP contribution in [0.25, 0.3) is 0 Å². The summed E-state index contributed by atoms with van der Waals surface area (Å²) in [5, 5.41) is 12.5. The molecule has 0 aliphatic carbocycles. The normalized spacial score (nSPS) is 13.7. The van der Waals surface area contributed by atoms with Crippen molar-refractivity contribution in [3.63, 3.8) is 0 Å². The van der Waals surface area contributed by atoms with Gasteiger partial charge in [-0.2, -0.15) is 0 Å². The maximum Gasteiger partial charge on any atom is 0.347 e. The average molecular weight is 391 g/mol. The maximum absolute atomic E-state index is 12.4. The number of amides is 1. The largest absolute Gasteiger partial charge is 0.481 e. The molecule has 0 radical (unpaired) electrons. The molecule has 0 fully saturated rings. The third-order valence-electron chi connectivity index (χ3n) is 4.14. The first-order valence-corrected chi connectivity index (χ1v) is 9.59. The molecule has 7 heteroatoms. The molecule has 1 heterocycles. The van der Waals surface area contributed by atoms with Gasteiger partial charge in [-0.1, -0.05) is 32.9 Å². The Morgan fingerprint density at radius 3 is 2.26 bits per heavy atom. The van der Waals surface area contributed by atoms with Crippen LogP contribution < -0.4 is 10.1 Å². The molecular weight excluding hydrogens is 364 g/mol. The minimum Gasteiger partial charge on any atom is -0.481 e. The topological polar surface area (TPSA) is 88.5 Å². The van der Waals surface area contributed by atoms with Crippen molar-refractivity contribution >= 4 is 23.2 Å². The van der Waals surface area contributed by atoms with Crippen molar-refractivity contribution in [2.24, 2.45) is 0 Å². The van der Waals surface area contributed by atoms with E-state index in [9.17, 15) is 9.59 Å². The number of aryl methyl sites for hydroxylation is 1. The fourth-order valence-electron chi connectivity index (χ4n) is 2.48. The zero-order valence-electron chi connectivity index (χ0n) is 16.5. The number of carboxylic acids is 1. The van der Waals surface area contributed by atoms with Crippen molar-refractivity contribution in [2.75, 3.05) is 0 Å². The Morgan fingerprint density at radius 1 is 1.19 bits per heavy atom. The van der Waals surface area contributed by atoms with Gasteiger partial charge in [0.15, 0.2) is 6.10 Å². The number of hydrogen-bond donors (Lipinski definition) is 2. The Bertz CT molecular complexity index is 821. The van der Waals surface area contributed by atoms with E-state index in [4.69, 9.17) is 9.84 Å². The number of carboxylic acid groups (broad SMARTS) is 1. The van der Waals surface area contributed by atoms with Crippen LogP contribution in [0.15, 0.2) is 24.3 Å². The van der Waals surface area contributed by atoms with Gasteiger partial charge in [0.1, 0.15) is 15.6 Å². The Kier molecular flexibility index (Phi) is 6.26. The molecule has 2 aromatic rings. The summed E-state index contributed by atoms with van der Waals surface area (Å²) in [5.41, 5.74) is 1.69. The van der Waals surface area contributed by atoms with E-state index >= 15 is 0 Å². The first-order chi connectivity index (χ1) is 12.5. The van der Waals surface area contributed by atoms with Crippen LogP contribution in [0.5, 0.6) is 5.75 Å². The molecule has 1 aromatic heterocycles. The molecule has 27 heavy (non-hydrogen) atoms. The molecule has 0 spiro atoms. The first-order valence-electron chi connectivity index (χ1n) is 8.77. The molecule has 2 atom stereocenters. The van der Waals surface area contributed by atoms with E-state index < -0.39 is 18.1 Å². The van der Waals surface area contributed by atoms with Gasteiger partial charge in [-0.05, 0) is 43.9 Å². The number of nitrogens with one attached hydrogen (secondary N) is 1. The number of carbonyl (C=O) groups is 2. The molecule has 1 aromatic carbocycles. The molecule has 2 N–H and O–H groups in total. The minimum atomic E-state index is -1.01. The second kappa shape index (κ2) is 8.08. The summed E-state index contributed by atoms with van der Waals surface area (Å²) < 4.78 is 5.72.